The minimum absolute atomic E-state index is 0.210. The molecule has 0 bridgehead atoms. The Balaban J connectivity index is 1.79. The molecule has 2 heteroatoms. The average Bonchev–Trinajstić information content (AvgIpc) is 2.78. The summed E-state index contributed by atoms with van der Waals surface area (Å²) in [7, 11) is 0. The van der Waals surface area contributed by atoms with Gasteiger partial charge in [0, 0.05) is 6.61 Å². The van der Waals surface area contributed by atoms with Crippen molar-refractivity contribution in [2.45, 2.75) is 129 Å². The Kier molecular flexibility index (Phi) is 19.4. The number of benzene rings is 1. The van der Waals surface area contributed by atoms with E-state index in [1.807, 2.05) is 6.07 Å². The van der Waals surface area contributed by atoms with Gasteiger partial charge in [0.05, 0.1) is 19.3 Å². The van der Waals surface area contributed by atoms with Crippen molar-refractivity contribution >= 4 is 0 Å². The van der Waals surface area contributed by atoms with E-state index in [0.717, 1.165) is 19.6 Å². The van der Waals surface area contributed by atoms with Crippen LogP contribution in [0.4, 0.5) is 0 Å². The highest BCUT2D eigenvalue weighted by Crippen LogP contribution is 2.13. The van der Waals surface area contributed by atoms with Gasteiger partial charge in [-0.15, -0.1) is 0 Å². The summed E-state index contributed by atoms with van der Waals surface area (Å²) in [6, 6.07) is 10.4. The van der Waals surface area contributed by atoms with Crippen LogP contribution in [0.1, 0.15) is 122 Å². The second-order valence-electron chi connectivity index (χ2n) is 8.85. The van der Waals surface area contributed by atoms with Gasteiger partial charge in [-0.2, -0.15) is 0 Å². The van der Waals surface area contributed by atoms with Crippen LogP contribution in [0, 0.1) is 0 Å². The first kappa shape index (κ1) is 27.2. The van der Waals surface area contributed by atoms with Crippen molar-refractivity contribution in [2.24, 2.45) is 0 Å². The third kappa shape index (κ3) is 16.9. The van der Waals surface area contributed by atoms with Gasteiger partial charge >= 0.3 is 0 Å². The molecule has 0 N–H and O–H groups in total. The fourth-order valence-electron chi connectivity index (χ4n) is 3.86. The molecule has 0 radical (unpaired) electrons. The molecule has 0 saturated carbocycles. The van der Waals surface area contributed by atoms with Crippen LogP contribution in [0.3, 0.4) is 0 Å². The van der Waals surface area contributed by atoms with E-state index in [-0.39, 0.29) is 6.10 Å². The van der Waals surface area contributed by atoms with Crippen molar-refractivity contribution in [3.05, 3.63) is 35.9 Å². The normalized spacial score (nSPS) is 12.3. The van der Waals surface area contributed by atoms with Crippen molar-refractivity contribution in [1.82, 2.24) is 0 Å². The zero-order valence-corrected chi connectivity index (χ0v) is 20.2. The molecule has 0 fully saturated rings. The number of hydrogen-bond acceptors (Lipinski definition) is 2. The predicted octanol–water partition coefficient (Wildman–Crippen LogP) is 8.87. The lowest BCUT2D eigenvalue weighted by Gasteiger charge is -2.16. The molecular formula is C28H50O2. The Morgan fingerprint density at radius 2 is 1.13 bits per heavy atom. The minimum Gasteiger partial charge on any atom is -0.379 e. The van der Waals surface area contributed by atoms with Gasteiger partial charge in [0.25, 0.3) is 0 Å². The van der Waals surface area contributed by atoms with Crippen molar-refractivity contribution in [3.8, 4) is 0 Å². The number of rotatable bonds is 22. The second-order valence-corrected chi connectivity index (χ2v) is 8.85. The Morgan fingerprint density at radius 1 is 0.633 bits per heavy atom. The molecule has 0 amide bonds. The van der Waals surface area contributed by atoms with Gasteiger partial charge < -0.3 is 9.47 Å². The topological polar surface area (TPSA) is 18.5 Å². The van der Waals surface area contributed by atoms with Gasteiger partial charge in [0.1, 0.15) is 0 Å². The largest absolute Gasteiger partial charge is 0.379 e. The Labute approximate surface area is 188 Å². The quantitative estimate of drug-likeness (QED) is 0.175. The van der Waals surface area contributed by atoms with E-state index in [0.29, 0.717) is 6.61 Å². The minimum atomic E-state index is 0.210. The molecule has 0 aliphatic carbocycles. The molecule has 1 unspecified atom stereocenters. The zero-order chi connectivity index (χ0) is 21.5. The SMILES string of the molecule is CCCCCCCCCCCCCCCCCOCC(CC)OCc1ccccc1. The van der Waals surface area contributed by atoms with Gasteiger partial charge in [-0.05, 0) is 18.4 Å². The lowest BCUT2D eigenvalue weighted by molar-refractivity contribution is -0.0269. The Bertz CT molecular complexity index is 445. The lowest BCUT2D eigenvalue weighted by atomic mass is 10.0. The highest BCUT2D eigenvalue weighted by atomic mass is 16.5. The van der Waals surface area contributed by atoms with E-state index in [9.17, 15) is 0 Å². The van der Waals surface area contributed by atoms with Crippen LogP contribution in [0.15, 0.2) is 30.3 Å². The lowest BCUT2D eigenvalue weighted by Crippen LogP contribution is -2.19. The summed E-state index contributed by atoms with van der Waals surface area (Å²) in [4.78, 5) is 0. The summed E-state index contributed by atoms with van der Waals surface area (Å²) in [5.74, 6) is 0. The van der Waals surface area contributed by atoms with Crippen LogP contribution in [0.2, 0.25) is 0 Å². The van der Waals surface area contributed by atoms with E-state index in [2.05, 4.69) is 38.1 Å². The molecule has 1 rings (SSSR count). The molecule has 2 nitrogen and oxygen atoms in total. The Hall–Kier alpha value is -0.860. The van der Waals surface area contributed by atoms with Crippen LogP contribution < -0.4 is 0 Å². The molecule has 30 heavy (non-hydrogen) atoms. The summed E-state index contributed by atoms with van der Waals surface area (Å²) in [5, 5.41) is 0. The molecule has 0 aliphatic rings. The highest BCUT2D eigenvalue weighted by molar-refractivity contribution is 5.13. The standard InChI is InChI=1S/C28H50O2/c1-3-5-6-7-8-9-10-11-12-13-14-15-16-17-21-24-29-26-28(4-2)30-25-27-22-19-18-20-23-27/h18-20,22-23,28H,3-17,21,24-26H2,1-2H3. The fraction of sp³-hybridized carbons (Fsp3) is 0.786. The molecule has 1 aromatic carbocycles. The molecule has 1 atom stereocenters. The first-order valence-corrected chi connectivity index (χ1v) is 13.1. The fourth-order valence-corrected chi connectivity index (χ4v) is 3.86. The van der Waals surface area contributed by atoms with Crippen molar-refractivity contribution in [2.75, 3.05) is 13.2 Å². The number of ether oxygens (including phenoxy) is 2. The monoisotopic (exact) mass is 418 g/mol. The Morgan fingerprint density at radius 3 is 1.63 bits per heavy atom. The van der Waals surface area contributed by atoms with Crippen LogP contribution in [0.25, 0.3) is 0 Å². The summed E-state index contributed by atoms with van der Waals surface area (Å²) < 4.78 is 11.8. The van der Waals surface area contributed by atoms with E-state index in [1.165, 1.54) is 102 Å². The zero-order valence-electron chi connectivity index (χ0n) is 20.2. The molecule has 0 aliphatic heterocycles. The van der Waals surface area contributed by atoms with Gasteiger partial charge in [-0.25, -0.2) is 0 Å². The maximum Gasteiger partial charge on any atom is 0.0810 e. The summed E-state index contributed by atoms with van der Waals surface area (Å²) in [6.07, 6.45) is 22.3. The molecule has 0 heterocycles. The van der Waals surface area contributed by atoms with Crippen LogP contribution in [-0.2, 0) is 16.1 Å². The van der Waals surface area contributed by atoms with Gasteiger partial charge in [0.15, 0.2) is 0 Å². The predicted molar refractivity (Wildman–Crippen MR) is 131 cm³/mol. The van der Waals surface area contributed by atoms with Gasteiger partial charge in [-0.3, -0.25) is 0 Å². The van der Waals surface area contributed by atoms with Gasteiger partial charge in [-0.1, -0.05) is 134 Å². The van der Waals surface area contributed by atoms with Gasteiger partial charge in [0.2, 0.25) is 0 Å². The van der Waals surface area contributed by atoms with Crippen LogP contribution >= 0.6 is 0 Å². The molecule has 0 aromatic heterocycles. The van der Waals surface area contributed by atoms with E-state index < -0.39 is 0 Å². The van der Waals surface area contributed by atoms with Crippen LogP contribution in [0.5, 0.6) is 0 Å². The summed E-state index contributed by atoms with van der Waals surface area (Å²) in [5.41, 5.74) is 1.23. The average molecular weight is 419 g/mol. The molecule has 0 saturated heterocycles. The summed E-state index contributed by atoms with van der Waals surface area (Å²) in [6.45, 7) is 6.75. The molecule has 1 aromatic rings. The van der Waals surface area contributed by atoms with Crippen LogP contribution in [-0.4, -0.2) is 19.3 Å². The van der Waals surface area contributed by atoms with Crippen molar-refractivity contribution < 1.29 is 9.47 Å². The number of hydrogen-bond donors (Lipinski definition) is 0. The second kappa shape index (κ2) is 21.4. The van der Waals surface area contributed by atoms with Crippen molar-refractivity contribution in [1.29, 1.82) is 0 Å². The summed E-state index contributed by atoms with van der Waals surface area (Å²) >= 11 is 0. The maximum absolute atomic E-state index is 5.98. The smallest absolute Gasteiger partial charge is 0.0810 e. The highest BCUT2D eigenvalue weighted by Gasteiger charge is 2.07. The van der Waals surface area contributed by atoms with E-state index >= 15 is 0 Å². The first-order chi connectivity index (χ1) is 14.9. The third-order valence-corrected chi connectivity index (χ3v) is 5.98. The van der Waals surface area contributed by atoms with Crippen molar-refractivity contribution in [3.63, 3.8) is 0 Å². The number of unbranched alkanes of at least 4 members (excludes halogenated alkanes) is 14. The molecule has 0 spiro atoms. The van der Waals surface area contributed by atoms with E-state index in [1.54, 1.807) is 0 Å². The first-order valence-electron chi connectivity index (χ1n) is 13.1. The third-order valence-electron chi connectivity index (χ3n) is 5.98. The maximum atomic E-state index is 5.98. The molecule has 174 valence electrons. The molecular weight excluding hydrogens is 368 g/mol. The van der Waals surface area contributed by atoms with E-state index in [4.69, 9.17) is 9.47 Å².